The summed E-state index contributed by atoms with van der Waals surface area (Å²) in [7, 11) is 7.05. The number of methoxy groups -OCH3 is 1. The molecule has 0 aliphatic heterocycles. The van der Waals surface area contributed by atoms with Gasteiger partial charge in [-0.05, 0) is 19.1 Å². The minimum atomic E-state index is 0.105. The molecule has 0 aliphatic carbocycles. The van der Waals surface area contributed by atoms with Gasteiger partial charge in [0.15, 0.2) is 11.6 Å². The number of hydrogen-bond donors (Lipinski definition) is 0. The van der Waals surface area contributed by atoms with Crippen LogP contribution in [0.3, 0.4) is 0 Å². The van der Waals surface area contributed by atoms with E-state index in [0.717, 1.165) is 17.3 Å². The van der Waals surface area contributed by atoms with E-state index < -0.39 is 0 Å². The van der Waals surface area contributed by atoms with Gasteiger partial charge in [0.1, 0.15) is 0 Å². The van der Waals surface area contributed by atoms with Crippen molar-refractivity contribution in [1.29, 1.82) is 0 Å². The number of amides is 1. The fourth-order valence-corrected chi connectivity index (χ4v) is 1.56. The van der Waals surface area contributed by atoms with E-state index in [-0.39, 0.29) is 5.91 Å². The number of aromatic nitrogens is 1. The Hall–Kier alpha value is -1.78. The molecule has 0 saturated heterocycles. The highest BCUT2D eigenvalue weighted by molar-refractivity contribution is 5.76. The van der Waals surface area contributed by atoms with Crippen molar-refractivity contribution in [2.24, 2.45) is 0 Å². The number of carbonyl (C=O) groups excluding carboxylic acids is 1. The molecule has 0 spiro atoms. The number of rotatable bonds is 5. The van der Waals surface area contributed by atoms with Crippen molar-refractivity contribution < 1.29 is 9.53 Å². The van der Waals surface area contributed by atoms with Gasteiger partial charge in [-0.3, -0.25) is 4.79 Å². The average Bonchev–Trinajstić information content (AvgIpc) is 2.35. The molecule has 1 heterocycles. The van der Waals surface area contributed by atoms with Crippen molar-refractivity contribution in [3.05, 3.63) is 17.8 Å². The summed E-state index contributed by atoms with van der Waals surface area (Å²) < 4.78 is 5.28. The lowest BCUT2D eigenvalue weighted by Crippen LogP contribution is -2.28. The molecule has 0 radical (unpaired) electrons. The Morgan fingerprint density at radius 1 is 1.33 bits per heavy atom. The summed E-state index contributed by atoms with van der Waals surface area (Å²) in [6.45, 7) is 2.55. The number of ether oxygens (including phenoxy) is 1. The molecule has 1 aromatic rings. The number of hydrogen-bond acceptors (Lipinski definition) is 4. The molecular formula is C13H21N3O2. The maximum absolute atomic E-state index is 11.5. The molecule has 1 aromatic heterocycles. The van der Waals surface area contributed by atoms with Crippen molar-refractivity contribution in [2.45, 2.75) is 13.3 Å². The molecule has 0 fully saturated rings. The van der Waals surface area contributed by atoms with Crippen LogP contribution in [0.15, 0.2) is 12.1 Å². The lowest BCUT2D eigenvalue weighted by Gasteiger charge is -2.21. The minimum Gasteiger partial charge on any atom is -0.493 e. The first-order valence-electron chi connectivity index (χ1n) is 5.88. The predicted octanol–water partition coefficient (Wildman–Crippen LogP) is 1.31. The van der Waals surface area contributed by atoms with E-state index >= 15 is 0 Å². The Kier molecular flexibility index (Phi) is 4.95. The van der Waals surface area contributed by atoms with Crippen LogP contribution in [0, 0.1) is 6.92 Å². The SMILES string of the molecule is COc1ccc(C)nc1N(C)CCC(=O)N(C)C. The lowest BCUT2D eigenvalue weighted by molar-refractivity contribution is -0.128. The predicted molar refractivity (Wildman–Crippen MR) is 72.1 cm³/mol. The van der Waals surface area contributed by atoms with Gasteiger partial charge in [-0.25, -0.2) is 4.98 Å². The normalized spacial score (nSPS) is 10.1. The first kappa shape index (κ1) is 14.3. The van der Waals surface area contributed by atoms with Gasteiger partial charge >= 0.3 is 0 Å². The van der Waals surface area contributed by atoms with Crippen LogP contribution in [0.2, 0.25) is 0 Å². The van der Waals surface area contributed by atoms with Crippen LogP contribution >= 0.6 is 0 Å². The van der Waals surface area contributed by atoms with Crippen LogP contribution in [0.1, 0.15) is 12.1 Å². The average molecular weight is 251 g/mol. The van der Waals surface area contributed by atoms with E-state index in [1.54, 1.807) is 26.1 Å². The molecule has 100 valence electrons. The van der Waals surface area contributed by atoms with Crippen molar-refractivity contribution >= 4 is 11.7 Å². The molecule has 5 nitrogen and oxygen atoms in total. The summed E-state index contributed by atoms with van der Waals surface area (Å²) in [5.74, 6) is 1.60. The standard InChI is InChI=1S/C13H21N3O2/c1-10-6-7-11(18-5)13(14-10)16(4)9-8-12(17)15(2)3/h6-7H,8-9H2,1-5H3. The summed E-state index contributed by atoms with van der Waals surface area (Å²) in [4.78, 5) is 19.5. The van der Waals surface area contributed by atoms with Gasteiger partial charge in [0.2, 0.25) is 5.91 Å². The molecule has 5 heteroatoms. The maximum Gasteiger partial charge on any atom is 0.223 e. The van der Waals surface area contributed by atoms with Gasteiger partial charge in [0.05, 0.1) is 7.11 Å². The molecule has 0 N–H and O–H groups in total. The molecule has 0 aliphatic rings. The Labute approximate surface area is 108 Å². The molecule has 0 unspecified atom stereocenters. The molecule has 0 aromatic carbocycles. The first-order valence-corrected chi connectivity index (χ1v) is 5.88. The lowest BCUT2D eigenvalue weighted by atomic mass is 10.3. The Morgan fingerprint density at radius 2 is 2.00 bits per heavy atom. The second-order valence-corrected chi connectivity index (χ2v) is 4.44. The number of carbonyl (C=O) groups is 1. The maximum atomic E-state index is 11.5. The molecular weight excluding hydrogens is 230 g/mol. The van der Waals surface area contributed by atoms with E-state index in [2.05, 4.69) is 4.98 Å². The van der Waals surface area contributed by atoms with Crippen molar-refractivity contribution in [1.82, 2.24) is 9.88 Å². The van der Waals surface area contributed by atoms with E-state index in [1.165, 1.54) is 0 Å². The van der Waals surface area contributed by atoms with E-state index in [0.29, 0.717) is 13.0 Å². The van der Waals surface area contributed by atoms with Crippen LogP contribution in [0.5, 0.6) is 5.75 Å². The first-order chi connectivity index (χ1) is 8.45. The second kappa shape index (κ2) is 6.23. The Morgan fingerprint density at radius 3 is 2.56 bits per heavy atom. The minimum absolute atomic E-state index is 0.105. The van der Waals surface area contributed by atoms with Gasteiger partial charge in [0, 0.05) is 39.8 Å². The van der Waals surface area contributed by atoms with Crippen LogP contribution in [0.25, 0.3) is 0 Å². The van der Waals surface area contributed by atoms with Crippen LogP contribution in [0.4, 0.5) is 5.82 Å². The zero-order valence-electron chi connectivity index (χ0n) is 11.7. The van der Waals surface area contributed by atoms with Crippen molar-refractivity contribution in [3.63, 3.8) is 0 Å². The number of nitrogens with zero attached hydrogens (tertiary/aromatic N) is 3. The van der Waals surface area contributed by atoms with E-state index in [1.807, 2.05) is 31.0 Å². The third-order valence-electron chi connectivity index (χ3n) is 2.72. The summed E-state index contributed by atoms with van der Waals surface area (Å²) >= 11 is 0. The fraction of sp³-hybridized carbons (Fsp3) is 0.538. The molecule has 1 amide bonds. The Balaban J connectivity index is 2.74. The van der Waals surface area contributed by atoms with Crippen molar-refractivity contribution in [2.75, 3.05) is 39.7 Å². The highest BCUT2D eigenvalue weighted by Crippen LogP contribution is 2.24. The number of aryl methyl sites for hydroxylation is 1. The van der Waals surface area contributed by atoms with Gasteiger partial charge < -0.3 is 14.5 Å². The topological polar surface area (TPSA) is 45.7 Å². The molecule has 1 rings (SSSR count). The molecule has 0 saturated carbocycles. The molecule has 0 bridgehead atoms. The highest BCUT2D eigenvalue weighted by atomic mass is 16.5. The van der Waals surface area contributed by atoms with Gasteiger partial charge in [-0.1, -0.05) is 0 Å². The summed E-state index contributed by atoms with van der Waals surface area (Å²) in [6.07, 6.45) is 0.461. The Bertz CT molecular complexity index is 419. The second-order valence-electron chi connectivity index (χ2n) is 4.44. The van der Waals surface area contributed by atoms with Crippen LogP contribution in [-0.4, -0.2) is 50.6 Å². The summed E-state index contributed by atoms with van der Waals surface area (Å²) in [6, 6.07) is 3.79. The van der Waals surface area contributed by atoms with Crippen molar-refractivity contribution in [3.8, 4) is 5.75 Å². The zero-order valence-corrected chi connectivity index (χ0v) is 11.7. The molecule has 18 heavy (non-hydrogen) atoms. The van der Waals surface area contributed by atoms with E-state index in [9.17, 15) is 4.79 Å². The fourth-order valence-electron chi connectivity index (χ4n) is 1.56. The number of pyridine rings is 1. The van der Waals surface area contributed by atoms with Gasteiger partial charge in [-0.15, -0.1) is 0 Å². The van der Waals surface area contributed by atoms with Crippen LogP contribution < -0.4 is 9.64 Å². The quantitative estimate of drug-likeness (QED) is 0.791. The van der Waals surface area contributed by atoms with Gasteiger partial charge in [-0.2, -0.15) is 0 Å². The smallest absolute Gasteiger partial charge is 0.223 e. The number of anilines is 1. The van der Waals surface area contributed by atoms with Gasteiger partial charge in [0.25, 0.3) is 0 Å². The van der Waals surface area contributed by atoms with Crippen LogP contribution in [-0.2, 0) is 4.79 Å². The third-order valence-corrected chi connectivity index (χ3v) is 2.72. The largest absolute Gasteiger partial charge is 0.493 e. The summed E-state index contributed by atoms with van der Waals surface area (Å²) in [5, 5.41) is 0. The van der Waals surface area contributed by atoms with E-state index in [4.69, 9.17) is 4.74 Å². The summed E-state index contributed by atoms with van der Waals surface area (Å²) in [5.41, 5.74) is 0.927. The monoisotopic (exact) mass is 251 g/mol. The highest BCUT2D eigenvalue weighted by Gasteiger charge is 2.12. The zero-order chi connectivity index (χ0) is 13.7. The third kappa shape index (κ3) is 3.61. The molecule has 0 atom stereocenters.